The molecule has 1 saturated heterocycles. The van der Waals surface area contributed by atoms with E-state index in [-0.39, 0.29) is 23.0 Å². The number of nitrogens with zero attached hydrogens (tertiary/aromatic N) is 3. The van der Waals surface area contributed by atoms with Gasteiger partial charge in [-0.25, -0.2) is 4.79 Å². The molecule has 1 aromatic heterocycles. The molecule has 0 spiro atoms. The maximum Gasteiger partial charge on any atom is 0.322 e. The third kappa shape index (κ3) is 4.95. The van der Waals surface area contributed by atoms with Crippen LogP contribution in [0.15, 0.2) is 48.5 Å². The van der Waals surface area contributed by atoms with Gasteiger partial charge >= 0.3 is 6.03 Å². The van der Waals surface area contributed by atoms with Crippen LogP contribution in [0.1, 0.15) is 33.7 Å². The number of carbonyl (C=O) groups excluding carboxylic acids is 2. The van der Waals surface area contributed by atoms with Gasteiger partial charge < -0.3 is 20.3 Å². The van der Waals surface area contributed by atoms with E-state index in [1.165, 1.54) is 11.3 Å². The number of methoxy groups -OCH3 is 1. The average molecular weight is 458 g/mol. The molecule has 4 rings (SSSR count). The Morgan fingerprint density at radius 3 is 2.68 bits per heavy atom. The highest BCUT2D eigenvalue weighted by Crippen LogP contribution is 2.34. The molecule has 2 aromatic carbocycles. The first-order valence-corrected chi connectivity index (χ1v) is 10.8. The third-order valence-electron chi connectivity index (χ3n) is 4.86. The van der Waals surface area contributed by atoms with Gasteiger partial charge in [-0.15, -0.1) is 10.2 Å². The number of nitrogens with one attached hydrogen (secondary N) is 2. The minimum absolute atomic E-state index is 0.215. The van der Waals surface area contributed by atoms with E-state index in [9.17, 15) is 9.59 Å². The number of hydrogen-bond acceptors (Lipinski definition) is 6. The molecule has 2 N–H and O–H groups in total. The van der Waals surface area contributed by atoms with E-state index >= 15 is 0 Å². The summed E-state index contributed by atoms with van der Waals surface area (Å²) in [4.78, 5) is 27.1. The Morgan fingerprint density at radius 2 is 1.94 bits per heavy atom. The van der Waals surface area contributed by atoms with Gasteiger partial charge in [0.2, 0.25) is 5.01 Å². The van der Waals surface area contributed by atoms with Crippen LogP contribution in [-0.2, 0) is 0 Å². The summed E-state index contributed by atoms with van der Waals surface area (Å²) in [7, 11) is 1.59. The number of rotatable bonds is 5. The van der Waals surface area contributed by atoms with Gasteiger partial charge in [-0.1, -0.05) is 29.0 Å². The number of urea groups is 1. The monoisotopic (exact) mass is 457 g/mol. The maximum absolute atomic E-state index is 12.8. The van der Waals surface area contributed by atoms with Gasteiger partial charge in [0.05, 0.1) is 13.2 Å². The SMILES string of the molecule is COc1ccc(NC(=O)N2CCC[C@@H]2c2nnc(C(=O)Nc3cccc(Cl)c3)s2)cc1. The first-order valence-electron chi connectivity index (χ1n) is 9.65. The minimum atomic E-state index is -0.363. The molecule has 1 fully saturated rings. The largest absolute Gasteiger partial charge is 0.497 e. The normalized spacial score (nSPS) is 15.5. The zero-order valence-corrected chi connectivity index (χ0v) is 18.2. The summed E-state index contributed by atoms with van der Waals surface area (Å²) in [5.41, 5.74) is 1.26. The standard InChI is InChI=1S/C21H20ClN5O3S/c1-30-16-9-7-14(8-10-16)24-21(29)27-11-3-6-17(27)19-25-26-20(31-19)18(28)23-15-5-2-4-13(22)12-15/h2,4-5,7-10,12,17H,3,6,11H2,1H3,(H,23,28)(H,24,29)/t17-/m1/s1. The van der Waals surface area contributed by atoms with Crippen LogP contribution in [0.3, 0.4) is 0 Å². The summed E-state index contributed by atoms with van der Waals surface area (Å²) in [5.74, 6) is 0.354. The van der Waals surface area contributed by atoms with E-state index in [1.807, 2.05) is 0 Å². The first kappa shape index (κ1) is 21.1. The number of carbonyl (C=O) groups is 2. The second-order valence-electron chi connectivity index (χ2n) is 6.92. The van der Waals surface area contributed by atoms with Crippen LogP contribution in [0, 0.1) is 0 Å². The molecule has 1 aliphatic heterocycles. The minimum Gasteiger partial charge on any atom is -0.497 e. The van der Waals surface area contributed by atoms with Crippen LogP contribution in [0.5, 0.6) is 5.75 Å². The summed E-state index contributed by atoms with van der Waals surface area (Å²) >= 11 is 7.15. The molecule has 3 aromatic rings. The second-order valence-corrected chi connectivity index (χ2v) is 8.37. The van der Waals surface area contributed by atoms with Crippen molar-refractivity contribution in [3.8, 4) is 5.75 Å². The van der Waals surface area contributed by atoms with E-state index in [2.05, 4.69) is 20.8 Å². The molecule has 0 unspecified atom stereocenters. The molecule has 0 radical (unpaired) electrons. The molecule has 1 atom stereocenters. The lowest BCUT2D eigenvalue weighted by molar-refractivity contribution is 0.102. The molecule has 0 bridgehead atoms. The number of halogens is 1. The molecule has 10 heteroatoms. The van der Waals surface area contributed by atoms with Crippen LogP contribution in [0.25, 0.3) is 0 Å². The predicted octanol–water partition coefficient (Wildman–Crippen LogP) is 4.82. The quantitative estimate of drug-likeness (QED) is 0.572. The van der Waals surface area contributed by atoms with Gasteiger partial charge in [0.25, 0.3) is 5.91 Å². The average Bonchev–Trinajstić information content (AvgIpc) is 3.44. The van der Waals surface area contributed by atoms with Crippen LogP contribution in [0.2, 0.25) is 5.02 Å². The van der Waals surface area contributed by atoms with Gasteiger partial charge in [0.1, 0.15) is 10.8 Å². The Morgan fingerprint density at radius 1 is 1.13 bits per heavy atom. The van der Waals surface area contributed by atoms with Crippen LogP contribution < -0.4 is 15.4 Å². The van der Waals surface area contributed by atoms with Gasteiger partial charge in [-0.05, 0) is 55.3 Å². The topological polar surface area (TPSA) is 96.4 Å². The molecule has 2 heterocycles. The molecule has 31 heavy (non-hydrogen) atoms. The Balaban J connectivity index is 1.43. The second kappa shape index (κ2) is 9.32. The van der Waals surface area contributed by atoms with Crippen LogP contribution in [-0.4, -0.2) is 40.7 Å². The molecule has 160 valence electrons. The number of amides is 3. The van der Waals surface area contributed by atoms with Crippen LogP contribution >= 0.6 is 22.9 Å². The molecular formula is C21H20ClN5O3S. The van der Waals surface area contributed by atoms with Gasteiger partial charge in [0.15, 0.2) is 0 Å². The maximum atomic E-state index is 12.8. The van der Waals surface area contributed by atoms with Crippen molar-refractivity contribution in [1.82, 2.24) is 15.1 Å². The number of aromatic nitrogens is 2. The highest BCUT2D eigenvalue weighted by atomic mass is 35.5. The first-order chi connectivity index (χ1) is 15.0. The highest BCUT2D eigenvalue weighted by molar-refractivity contribution is 7.13. The highest BCUT2D eigenvalue weighted by Gasteiger charge is 2.33. The Labute approximate surface area is 188 Å². The van der Waals surface area contributed by atoms with Crippen molar-refractivity contribution < 1.29 is 14.3 Å². The lowest BCUT2D eigenvalue weighted by Gasteiger charge is -2.23. The fourth-order valence-electron chi connectivity index (χ4n) is 3.35. The van der Waals surface area contributed by atoms with Gasteiger partial charge in [-0.2, -0.15) is 0 Å². The van der Waals surface area contributed by atoms with Gasteiger partial charge in [-0.3, -0.25) is 4.79 Å². The van der Waals surface area contributed by atoms with E-state index < -0.39 is 0 Å². The van der Waals surface area contributed by atoms with Gasteiger partial charge in [0, 0.05) is 22.9 Å². The van der Waals surface area contributed by atoms with E-state index in [4.69, 9.17) is 16.3 Å². The van der Waals surface area contributed by atoms with E-state index in [0.29, 0.717) is 27.9 Å². The number of anilines is 2. The molecule has 1 aliphatic rings. The summed E-state index contributed by atoms with van der Waals surface area (Å²) in [6, 6.07) is 13.6. The summed E-state index contributed by atoms with van der Waals surface area (Å²) in [6.45, 7) is 0.607. The van der Waals surface area contributed by atoms with Crippen molar-refractivity contribution in [2.24, 2.45) is 0 Å². The smallest absolute Gasteiger partial charge is 0.322 e. The van der Waals surface area contributed by atoms with Crippen molar-refractivity contribution in [1.29, 1.82) is 0 Å². The van der Waals surface area contributed by atoms with E-state index in [1.54, 1.807) is 60.5 Å². The van der Waals surface area contributed by atoms with Crippen molar-refractivity contribution in [2.75, 3.05) is 24.3 Å². The van der Waals surface area contributed by atoms with Crippen molar-refractivity contribution in [3.63, 3.8) is 0 Å². The molecule has 8 nitrogen and oxygen atoms in total. The fourth-order valence-corrected chi connectivity index (χ4v) is 4.42. The summed E-state index contributed by atoms with van der Waals surface area (Å²) < 4.78 is 5.14. The molecular weight excluding hydrogens is 438 g/mol. The zero-order valence-electron chi connectivity index (χ0n) is 16.7. The Kier molecular flexibility index (Phi) is 6.34. The van der Waals surface area contributed by atoms with Crippen molar-refractivity contribution in [2.45, 2.75) is 18.9 Å². The summed E-state index contributed by atoms with van der Waals surface area (Å²) in [5, 5.41) is 15.3. The summed E-state index contributed by atoms with van der Waals surface area (Å²) in [6.07, 6.45) is 1.62. The lowest BCUT2D eigenvalue weighted by atomic mass is 10.2. The number of hydrogen-bond donors (Lipinski definition) is 2. The van der Waals surface area contributed by atoms with Crippen molar-refractivity contribution >= 4 is 46.3 Å². The lowest BCUT2D eigenvalue weighted by Crippen LogP contribution is -2.34. The Hall–Kier alpha value is -3.17. The van der Waals surface area contributed by atoms with Crippen molar-refractivity contribution in [3.05, 3.63) is 63.6 Å². The molecule has 3 amide bonds. The number of benzene rings is 2. The molecule has 0 saturated carbocycles. The van der Waals surface area contributed by atoms with Crippen LogP contribution in [0.4, 0.5) is 16.2 Å². The number of ether oxygens (including phenoxy) is 1. The number of likely N-dealkylation sites (tertiary alicyclic amines) is 1. The Bertz CT molecular complexity index is 1090. The predicted molar refractivity (Wildman–Crippen MR) is 120 cm³/mol. The zero-order chi connectivity index (χ0) is 21.8. The fraction of sp³-hybridized carbons (Fsp3) is 0.238. The molecule has 0 aliphatic carbocycles. The third-order valence-corrected chi connectivity index (χ3v) is 6.12. The van der Waals surface area contributed by atoms with E-state index in [0.717, 1.165) is 18.6 Å².